The Balaban J connectivity index is 1.41. The van der Waals surface area contributed by atoms with Crippen LogP contribution in [0.3, 0.4) is 0 Å². The lowest BCUT2D eigenvalue weighted by Crippen LogP contribution is -2.51. The predicted octanol–water partition coefficient (Wildman–Crippen LogP) is 1.92. The summed E-state index contributed by atoms with van der Waals surface area (Å²) in [5.41, 5.74) is 1.82. The smallest absolute Gasteiger partial charge is 0.238 e. The van der Waals surface area contributed by atoms with Crippen molar-refractivity contribution >= 4 is 23.2 Å². The van der Waals surface area contributed by atoms with Crippen molar-refractivity contribution in [1.82, 2.24) is 9.80 Å². The second kappa shape index (κ2) is 10.7. The van der Waals surface area contributed by atoms with Crippen molar-refractivity contribution in [3.05, 3.63) is 48.5 Å². The van der Waals surface area contributed by atoms with Gasteiger partial charge in [-0.3, -0.25) is 14.5 Å². The molecule has 166 valence electrons. The SMILES string of the molecule is COc1ccc(NC(=O)CN(C)CC(=O)N2CCN(c3ccc(OC)cc3)CC2)cc1. The average Bonchev–Trinajstić information content (AvgIpc) is 2.79. The summed E-state index contributed by atoms with van der Waals surface area (Å²) in [7, 11) is 5.02. The highest BCUT2D eigenvalue weighted by atomic mass is 16.5. The molecule has 0 saturated carbocycles. The predicted molar refractivity (Wildman–Crippen MR) is 121 cm³/mol. The largest absolute Gasteiger partial charge is 0.497 e. The molecule has 1 aliphatic heterocycles. The van der Waals surface area contributed by atoms with Crippen LogP contribution in [0.5, 0.6) is 11.5 Å². The number of benzene rings is 2. The van der Waals surface area contributed by atoms with E-state index in [0.29, 0.717) is 18.8 Å². The van der Waals surface area contributed by atoms with Crippen molar-refractivity contribution in [3.8, 4) is 11.5 Å². The maximum absolute atomic E-state index is 12.6. The van der Waals surface area contributed by atoms with Crippen molar-refractivity contribution in [2.24, 2.45) is 0 Å². The van der Waals surface area contributed by atoms with Crippen LogP contribution in [0.2, 0.25) is 0 Å². The highest BCUT2D eigenvalue weighted by Gasteiger charge is 2.22. The Morgan fingerprint density at radius 2 is 1.42 bits per heavy atom. The quantitative estimate of drug-likeness (QED) is 0.695. The molecule has 2 amide bonds. The van der Waals surface area contributed by atoms with Gasteiger partial charge in [0.15, 0.2) is 0 Å². The van der Waals surface area contributed by atoms with Gasteiger partial charge in [0.25, 0.3) is 0 Å². The first-order valence-corrected chi connectivity index (χ1v) is 10.3. The first kappa shape index (κ1) is 22.4. The summed E-state index contributed by atoms with van der Waals surface area (Å²) in [6.07, 6.45) is 0. The first-order valence-electron chi connectivity index (χ1n) is 10.3. The fraction of sp³-hybridized carbons (Fsp3) is 0.391. The van der Waals surface area contributed by atoms with Crippen LogP contribution in [0.15, 0.2) is 48.5 Å². The van der Waals surface area contributed by atoms with Gasteiger partial charge in [-0.1, -0.05) is 0 Å². The summed E-state index contributed by atoms with van der Waals surface area (Å²) in [6.45, 7) is 3.23. The molecule has 1 saturated heterocycles. The van der Waals surface area contributed by atoms with Gasteiger partial charge in [0.2, 0.25) is 11.8 Å². The maximum atomic E-state index is 12.6. The molecule has 0 atom stereocenters. The van der Waals surface area contributed by atoms with Gasteiger partial charge in [-0.2, -0.15) is 0 Å². The number of anilines is 2. The lowest BCUT2D eigenvalue weighted by molar-refractivity contribution is -0.132. The summed E-state index contributed by atoms with van der Waals surface area (Å²) in [6, 6.07) is 15.1. The monoisotopic (exact) mass is 426 g/mol. The number of ether oxygens (including phenoxy) is 2. The molecule has 1 fully saturated rings. The first-order chi connectivity index (χ1) is 15.0. The number of carbonyl (C=O) groups excluding carboxylic acids is 2. The standard InChI is InChI=1S/C23H30N4O4/c1-25(16-22(28)24-18-4-8-20(30-2)9-5-18)17-23(29)27-14-12-26(13-15-27)19-6-10-21(31-3)11-7-19/h4-11H,12-17H2,1-3H3,(H,24,28). The van der Waals surface area contributed by atoms with Crippen molar-refractivity contribution < 1.29 is 19.1 Å². The van der Waals surface area contributed by atoms with E-state index in [-0.39, 0.29) is 24.9 Å². The number of hydrogen-bond acceptors (Lipinski definition) is 6. The van der Waals surface area contributed by atoms with Gasteiger partial charge in [0, 0.05) is 37.6 Å². The zero-order valence-electron chi connectivity index (χ0n) is 18.3. The lowest BCUT2D eigenvalue weighted by Gasteiger charge is -2.36. The van der Waals surface area contributed by atoms with E-state index in [1.807, 2.05) is 29.2 Å². The molecule has 0 radical (unpaired) electrons. The molecule has 2 aromatic carbocycles. The molecule has 8 heteroatoms. The summed E-state index contributed by atoms with van der Waals surface area (Å²) < 4.78 is 10.3. The zero-order valence-corrected chi connectivity index (χ0v) is 18.3. The van der Waals surface area contributed by atoms with E-state index in [2.05, 4.69) is 10.2 Å². The van der Waals surface area contributed by atoms with Crippen molar-refractivity contribution in [1.29, 1.82) is 0 Å². The van der Waals surface area contributed by atoms with Crippen LogP contribution in [0.25, 0.3) is 0 Å². The van der Waals surface area contributed by atoms with E-state index < -0.39 is 0 Å². The number of nitrogens with one attached hydrogen (secondary N) is 1. The fourth-order valence-corrected chi connectivity index (χ4v) is 3.51. The van der Waals surface area contributed by atoms with Gasteiger partial charge in [-0.05, 0) is 55.6 Å². The van der Waals surface area contributed by atoms with E-state index in [0.717, 1.165) is 30.3 Å². The summed E-state index contributed by atoms with van der Waals surface area (Å²) in [5.74, 6) is 1.43. The van der Waals surface area contributed by atoms with Crippen LogP contribution < -0.4 is 19.7 Å². The van der Waals surface area contributed by atoms with Crippen LogP contribution in [0.1, 0.15) is 0 Å². The van der Waals surface area contributed by atoms with Gasteiger partial charge in [-0.15, -0.1) is 0 Å². The third-order valence-corrected chi connectivity index (χ3v) is 5.26. The Bertz CT molecular complexity index is 862. The minimum absolute atomic E-state index is 0.0362. The van der Waals surface area contributed by atoms with E-state index in [9.17, 15) is 9.59 Å². The van der Waals surface area contributed by atoms with Crippen LogP contribution in [0.4, 0.5) is 11.4 Å². The van der Waals surface area contributed by atoms with E-state index in [1.165, 1.54) is 0 Å². The number of carbonyl (C=O) groups is 2. The van der Waals surface area contributed by atoms with Gasteiger partial charge in [0.05, 0.1) is 27.3 Å². The molecule has 1 aliphatic rings. The number of rotatable bonds is 8. The topological polar surface area (TPSA) is 74.4 Å². The van der Waals surface area contributed by atoms with Crippen LogP contribution in [-0.4, -0.2) is 82.1 Å². The highest BCUT2D eigenvalue weighted by Crippen LogP contribution is 2.20. The normalized spacial score (nSPS) is 13.8. The number of hydrogen-bond donors (Lipinski definition) is 1. The Hall–Kier alpha value is -3.26. The molecule has 0 bridgehead atoms. The molecule has 3 rings (SSSR count). The second-order valence-corrected chi connectivity index (χ2v) is 7.51. The molecular weight excluding hydrogens is 396 g/mol. The zero-order chi connectivity index (χ0) is 22.2. The summed E-state index contributed by atoms with van der Waals surface area (Å²) >= 11 is 0. The summed E-state index contributed by atoms with van der Waals surface area (Å²) in [5, 5.41) is 2.83. The molecule has 31 heavy (non-hydrogen) atoms. The number of likely N-dealkylation sites (N-methyl/N-ethyl adjacent to an activating group) is 1. The van der Waals surface area contributed by atoms with E-state index in [4.69, 9.17) is 9.47 Å². The van der Waals surface area contributed by atoms with Crippen LogP contribution >= 0.6 is 0 Å². The average molecular weight is 427 g/mol. The Morgan fingerprint density at radius 1 is 0.871 bits per heavy atom. The van der Waals surface area contributed by atoms with Gasteiger partial charge >= 0.3 is 0 Å². The van der Waals surface area contributed by atoms with Gasteiger partial charge in [0.1, 0.15) is 11.5 Å². The molecule has 0 spiro atoms. The van der Waals surface area contributed by atoms with Gasteiger partial charge in [-0.25, -0.2) is 0 Å². The molecule has 0 unspecified atom stereocenters. The summed E-state index contributed by atoms with van der Waals surface area (Å²) in [4.78, 5) is 30.8. The van der Waals surface area contributed by atoms with Crippen LogP contribution in [-0.2, 0) is 9.59 Å². The number of methoxy groups -OCH3 is 2. The van der Waals surface area contributed by atoms with Crippen LogP contribution in [0, 0.1) is 0 Å². The Morgan fingerprint density at radius 3 is 1.97 bits per heavy atom. The molecule has 8 nitrogen and oxygen atoms in total. The molecule has 1 N–H and O–H groups in total. The minimum Gasteiger partial charge on any atom is -0.497 e. The van der Waals surface area contributed by atoms with E-state index in [1.54, 1.807) is 50.4 Å². The third-order valence-electron chi connectivity index (χ3n) is 5.26. The Labute approximate surface area is 183 Å². The number of piperazine rings is 1. The Kier molecular flexibility index (Phi) is 7.72. The fourth-order valence-electron chi connectivity index (χ4n) is 3.51. The van der Waals surface area contributed by atoms with Crippen molar-refractivity contribution in [2.45, 2.75) is 0 Å². The molecule has 2 aromatic rings. The molecule has 0 aromatic heterocycles. The molecule has 0 aliphatic carbocycles. The van der Waals surface area contributed by atoms with E-state index >= 15 is 0 Å². The molecule has 1 heterocycles. The van der Waals surface area contributed by atoms with Crippen molar-refractivity contribution in [2.75, 3.05) is 70.8 Å². The number of amides is 2. The number of nitrogens with zero attached hydrogens (tertiary/aromatic N) is 3. The second-order valence-electron chi connectivity index (χ2n) is 7.51. The van der Waals surface area contributed by atoms with Crippen molar-refractivity contribution in [3.63, 3.8) is 0 Å². The highest BCUT2D eigenvalue weighted by molar-refractivity contribution is 5.92. The lowest BCUT2D eigenvalue weighted by atomic mass is 10.2. The third kappa shape index (κ3) is 6.36. The minimum atomic E-state index is -0.162. The maximum Gasteiger partial charge on any atom is 0.238 e. The molecular formula is C23H30N4O4. The van der Waals surface area contributed by atoms with Gasteiger partial charge < -0.3 is 24.6 Å².